The number of carboxylic acid groups (broad SMARTS) is 2. The van der Waals surface area contributed by atoms with Crippen LogP contribution in [0.25, 0.3) is 0 Å². The topological polar surface area (TPSA) is 661 Å². The number of carbonyl (C=O) groups is 17. The second kappa shape index (κ2) is 48.8. The number of unbranched alkanes of at least 4 members (excludes halogenated alkanes) is 3. The Hall–Kier alpha value is -10.2. The molecule has 584 valence electrons. The molecule has 1 aliphatic heterocycles. The van der Waals surface area contributed by atoms with Crippen molar-refractivity contribution in [1.82, 2.24) is 69.1 Å². The molecule has 0 unspecified atom stereocenters. The van der Waals surface area contributed by atoms with Gasteiger partial charge < -0.3 is 113 Å². The molecular formula is C64H95N19O20S3. The van der Waals surface area contributed by atoms with Crippen LogP contribution in [0.5, 0.6) is 5.75 Å². The van der Waals surface area contributed by atoms with Crippen molar-refractivity contribution in [2.75, 3.05) is 74.6 Å². The Morgan fingerprint density at radius 3 is 1.57 bits per heavy atom. The number of nitrogens with one attached hydrogen (secondary N) is 14. The second-order valence-corrected chi connectivity index (χ2v) is 26.5. The predicted molar refractivity (Wildman–Crippen MR) is 388 cm³/mol. The number of hydrogen-bond donors (Lipinski definition) is 23. The summed E-state index contributed by atoms with van der Waals surface area (Å²) in [5, 5.41) is 67.9. The lowest BCUT2D eigenvalue weighted by molar-refractivity contribution is -0.141. The van der Waals surface area contributed by atoms with Crippen LogP contribution in [0.15, 0.2) is 48.5 Å². The molecule has 1 fully saturated rings. The Morgan fingerprint density at radius 1 is 0.566 bits per heavy atom. The molecule has 3 rings (SSSR count). The average Bonchev–Trinajstić information content (AvgIpc) is 0.871. The van der Waals surface area contributed by atoms with Gasteiger partial charge in [0.25, 0.3) is 0 Å². The summed E-state index contributed by atoms with van der Waals surface area (Å²) in [6.45, 7) is -2.57. The van der Waals surface area contributed by atoms with Gasteiger partial charge in [-0.15, -0.1) is 11.8 Å². The van der Waals surface area contributed by atoms with Crippen LogP contribution in [0.4, 0.5) is 0 Å². The maximum absolute atomic E-state index is 14.4. The van der Waals surface area contributed by atoms with E-state index >= 15 is 0 Å². The van der Waals surface area contributed by atoms with Gasteiger partial charge in [-0.2, -0.15) is 24.4 Å². The number of phenols is 1. The van der Waals surface area contributed by atoms with E-state index in [9.17, 15) is 96.8 Å². The molecule has 1 aliphatic rings. The highest BCUT2D eigenvalue weighted by atomic mass is 32.2. The number of aliphatic carboxylic acids is 2. The van der Waals surface area contributed by atoms with Gasteiger partial charge in [0.1, 0.15) is 66.0 Å². The molecule has 0 saturated carbocycles. The first kappa shape index (κ1) is 90.0. The number of carboxylic acids is 2. The lowest BCUT2D eigenvalue weighted by Gasteiger charge is -2.26. The number of thioether (sulfide) groups is 2. The summed E-state index contributed by atoms with van der Waals surface area (Å²) in [6.07, 6.45) is -0.431. The minimum absolute atomic E-state index is 0.00127. The Labute approximate surface area is 623 Å². The molecule has 1 saturated heterocycles. The van der Waals surface area contributed by atoms with Gasteiger partial charge in [-0.25, -0.2) is 4.79 Å². The number of carbonyl (C=O) groups excluding carboxylic acids is 15. The van der Waals surface area contributed by atoms with E-state index in [1.165, 1.54) is 48.5 Å². The van der Waals surface area contributed by atoms with Crippen molar-refractivity contribution in [1.29, 1.82) is 5.41 Å². The maximum Gasteiger partial charge on any atom is 0.327 e. The molecule has 0 aliphatic carbocycles. The Balaban J connectivity index is 1.81. The van der Waals surface area contributed by atoms with Crippen molar-refractivity contribution < 1.29 is 96.8 Å². The number of primary amides is 1. The number of nitrogen functional groups attached to an aromatic ring is 1. The van der Waals surface area contributed by atoms with Gasteiger partial charge in [0, 0.05) is 35.7 Å². The highest BCUT2D eigenvalue weighted by Crippen LogP contribution is 2.16. The molecule has 1 heterocycles. The van der Waals surface area contributed by atoms with E-state index in [4.69, 9.17) is 34.1 Å². The third-order valence-corrected chi connectivity index (χ3v) is 17.9. The van der Waals surface area contributed by atoms with E-state index in [0.29, 0.717) is 48.8 Å². The van der Waals surface area contributed by atoms with Crippen LogP contribution in [-0.4, -0.2) is 251 Å². The zero-order valence-electron chi connectivity index (χ0n) is 57.9. The number of amidine groups is 1. The quantitative estimate of drug-likeness (QED) is 0.00964. The number of nitrogens with two attached hydrogens (primary N) is 5. The molecule has 27 N–H and O–H groups in total. The standard InChI is InChI=1S/C64H95N19O20S3/c65-18-4-1-7-39(56(94)72-27-51(89)78-45(29-104)64(102)103)80-60(98)41(9-3-6-20-67)75-49(87)23-38(85)30-105-31-46(59(97)71-25-48(68)86)79-52(90)28-73-57(95)40(8-2-5-19-66)81-63(101)47-32-106-33-53(91)77-43(22-35-12-16-37(84)17-13-35)61(99)82-42(21-34-10-14-36(15-11-34)55(69)70)58(96)74-26-50(88)76-44(24-54(92)93)62(100)83-47/h10-17,39-47,84,104H,1-9,18-33,65-67H2,(H2,68,86)(H3,69,70)(H,71,97)(H,72,94)(H,73,95)(H,74,96)(H,75,87)(H,76,88)(H,77,91)(H,78,89)(H,79,90)(H,80,98)(H,81,101)(H,82,99)(H,83,100)(H,92,93)(H,102,103)/t39-,40-,41-,42+,43-,44+,45-,46-,47+/m0/s1. The third-order valence-electron chi connectivity index (χ3n) is 15.4. The van der Waals surface area contributed by atoms with Gasteiger partial charge in [-0.3, -0.25) is 82.1 Å². The number of ketones is 1. The van der Waals surface area contributed by atoms with E-state index in [0.717, 1.165) is 23.5 Å². The second-order valence-electron chi connectivity index (χ2n) is 24.1. The van der Waals surface area contributed by atoms with Crippen LogP contribution in [0.1, 0.15) is 87.3 Å². The van der Waals surface area contributed by atoms with Crippen molar-refractivity contribution in [3.8, 4) is 5.75 Å². The van der Waals surface area contributed by atoms with Gasteiger partial charge >= 0.3 is 11.9 Å². The van der Waals surface area contributed by atoms with E-state index in [-0.39, 0.29) is 75.5 Å². The average molecular weight is 1550 g/mol. The fourth-order valence-corrected chi connectivity index (χ4v) is 11.9. The summed E-state index contributed by atoms with van der Waals surface area (Å²) in [5.41, 5.74) is 29.1. The molecule has 9 atom stereocenters. The van der Waals surface area contributed by atoms with Gasteiger partial charge in [0.2, 0.25) is 82.7 Å². The molecule has 0 bridgehead atoms. The lowest BCUT2D eigenvalue weighted by atomic mass is 10.0. The summed E-state index contributed by atoms with van der Waals surface area (Å²) in [7, 11) is 0. The van der Waals surface area contributed by atoms with Crippen LogP contribution in [-0.2, 0) is 94.3 Å². The zero-order chi connectivity index (χ0) is 78.8. The molecule has 2 aromatic rings. The molecular weight excluding hydrogens is 1450 g/mol. The third kappa shape index (κ3) is 35.5. The van der Waals surface area contributed by atoms with E-state index in [1.807, 2.05) is 0 Å². The van der Waals surface area contributed by atoms with Gasteiger partial charge in [-0.1, -0.05) is 36.4 Å². The number of benzene rings is 2. The van der Waals surface area contributed by atoms with Crippen LogP contribution >= 0.6 is 36.2 Å². The summed E-state index contributed by atoms with van der Waals surface area (Å²) in [5.74, 6) is -19.7. The minimum Gasteiger partial charge on any atom is -0.508 e. The molecule has 106 heavy (non-hydrogen) atoms. The summed E-state index contributed by atoms with van der Waals surface area (Å²) in [4.78, 5) is 226. The minimum atomic E-state index is -1.92. The summed E-state index contributed by atoms with van der Waals surface area (Å²) >= 11 is 5.36. The Morgan fingerprint density at radius 2 is 1.05 bits per heavy atom. The van der Waals surface area contributed by atoms with E-state index in [1.54, 1.807) is 0 Å². The number of rotatable bonds is 43. The zero-order valence-corrected chi connectivity index (χ0v) is 60.5. The molecule has 39 nitrogen and oxygen atoms in total. The van der Waals surface area contributed by atoms with Crippen molar-refractivity contribution in [3.05, 3.63) is 65.2 Å². The number of thiol groups is 1. The Bertz CT molecular complexity index is 3410. The van der Waals surface area contributed by atoms with Crippen LogP contribution in [0.2, 0.25) is 0 Å². The van der Waals surface area contributed by atoms with Gasteiger partial charge in [0.15, 0.2) is 5.78 Å². The SMILES string of the molecule is N=C(N)c1ccc(C[C@H]2NC(=O)[C@H](Cc3ccc(O)cc3)NC(=O)CSC[C@H](C(=O)N[C@@H](CCCCN)C(=O)NCC(=O)N[C@@H](CSCC(=O)CC(=O)N[C@@H](CCCCN)C(=O)N[C@@H](CCCCN)C(=O)NCC(=O)N[C@@H](CS)C(=O)O)C(=O)NCC(N)=O)NC(=O)[C@@H](CC(=O)O)NC(=O)CNC2=O)cc1. The molecule has 14 amide bonds. The normalized spacial score (nSPS) is 17.2. The highest BCUT2D eigenvalue weighted by molar-refractivity contribution is 8.00. The first-order valence-corrected chi connectivity index (χ1v) is 36.4. The van der Waals surface area contributed by atoms with Crippen molar-refractivity contribution in [3.63, 3.8) is 0 Å². The number of amides is 14. The smallest absolute Gasteiger partial charge is 0.327 e. The number of phenolic OH excluding ortho intramolecular Hbond substituents is 1. The number of hydrogen-bond acceptors (Lipinski definition) is 25. The van der Waals surface area contributed by atoms with E-state index < -0.39 is 217 Å². The highest BCUT2D eigenvalue weighted by Gasteiger charge is 2.35. The molecule has 42 heteroatoms. The first-order valence-electron chi connectivity index (χ1n) is 33.5. The van der Waals surface area contributed by atoms with Gasteiger partial charge in [-0.05, 0) is 101 Å². The molecule has 0 radical (unpaired) electrons. The fourth-order valence-electron chi connectivity index (χ4n) is 9.83. The van der Waals surface area contributed by atoms with E-state index in [2.05, 4.69) is 81.7 Å². The molecule has 2 aromatic carbocycles. The number of aromatic hydroxyl groups is 1. The fraction of sp³-hybridized carbons (Fsp3) is 0.531. The summed E-state index contributed by atoms with van der Waals surface area (Å²) in [6, 6.07) is -1.83. The van der Waals surface area contributed by atoms with Crippen molar-refractivity contribution in [2.45, 2.75) is 138 Å². The lowest BCUT2D eigenvalue weighted by Crippen LogP contribution is -2.59. The van der Waals surface area contributed by atoms with Crippen molar-refractivity contribution in [2.24, 2.45) is 28.7 Å². The van der Waals surface area contributed by atoms with Crippen LogP contribution < -0.4 is 97.8 Å². The van der Waals surface area contributed by atoms with Crippen LogP contribution in [0.3, 0.4) is 0 Å². The van der Waals surface area contributed by atoms with Crippen molar-refractivity contribution >= 4 is 142 Å². The maximum atomic E-state index is 14.4. The van der Waals surface area contributed by atoms with Crippen LogP contribution in [0, 0.1) is 5.41 Å². The van der Waals surface area contributed by atoms with Gasteiger partial charge in [0.05, 0.1) is 50.5 Å². The molecule has 0 aromatic heterocycles. The summed E-state index contributed by atoms with van der Waals surface area (Å²) < 4.78 is 0. The Kier molecular flexibility index (Phi) is 41.4. The number of Topliss-reactive ketones (excluding diaryl/α,β-unsaturated/α-hetero) is 1. The first-order chi connectivity index (χ1) is 50.4. The molecule has 0 spiro atoms. The largest absolute Gasteiger partial charge is 0.508 e. The monoisotopic (exact) mass is 1550 g/mol. The predicted octanol–water partition coefficient (Wildman–Crippen LogP) is -7.91.